The Morgan fingerprint density at radius 3 is 1.58 bits per heavy atom. The van der Waals surface area contributed by atoms with Crippen molar-refractivity contribution in [3.63, 3.8) is 0 Å². The molecule has 1 aromatic heterocycles. The van der Waals surface area contributed by atoms with Gasteiger partial charge in [-0.1, -0.05) is 24.3 Å². The van der Waals surface area contributed by atoms with Gasteiger partial charge in [0.2, 0.25) is 0 Å². The van der Waals surface area contributed by atoms with Gasteiger partial charge in [0.1, 0.15) is 0 Å². The molecule has 136 valence electrons. The van der Waals surface area contributed by atoms with Crippen molar-refractivity contribution in [3.05, 3.63) is 46.5 Å². The Balaban J connectivity index is 2.07. The van der Waals surface area contributed by atoms with Crippen molar-refractivity contribution in [2.45, 2.75) is 12.8 Å². The highest BCUT2D eigenvalue weighted by atomic mass is 16.3. The molecule has 0 atom stereocenters. The van der Waals surface area contributed by atoms with Gasteiger partial charge in [-0.2, -0.15) is 0 Å². The lowest BCUT2D eigenvalue weighted by Gasteiger charge is -2.22. The van der Waals surface area contributed by atoms with E-state index in [1.807, 2.05) is 0 Å². The maximum Gasteiger partial charge on any atom is 0.198 e. The van der Waals surface area contributed by atoms with E-state index in [1.54, 1.807) is 24.3 Å². The van der Waals surface area contributed by atoms with Crippen LogP contribution in [0.1, 0.15) is 44.7 Å². The number of hydrogen-bond acceptors (Lipinski definition) is 8. The number of benzene rings is 1. The summed E-state index contributed by atoms with van der Waals surface area (Å²) in [6.45, 7) is 0.800. The quantitative estimate of drug-likeness (QED) is 0.438. The van der Waals surface area contributed by atoms with E-state index in [0.29, 0.717) is 37.1 Å². The zero-order valence-electron chi connectivity index (χ0n) is 14.2. The van der Waals surface area contributed by atoms with Gasteiger partial charge in [-0.05, 0) is 12.8 Å². The Labute approximate surface area is 150 Å². The molecule has 1 aromatic carbocycles. The number of nitrogens with zero attached hydrogens (tertiary/aromatic N) is 2. The molecule has 0 aliphatic heterocycles. The van der Waals surface area contributed by atoms with Crippen molar-refractivity contribution in [2.24, 2.45) is 0 Å². The van der Waals surface area contributed by atoms with Gasteiger partial charge in [-0.3, -0.25) is 9.59 Å². The third-order valence-corrected chi connectivity index (χ3v) is 4.10. The molecule has 1 aliphatic carbocycles. The molecule has 8 heteroatoms. The zero-order valence-corrected chi connectivity index (χ0v) is 14.2. The van der Waals surface area contributed by atoms with Crippen molar-refractivity contribution >= 4 is 23.2 Å². The first-order valence-corrected chi connectivity index (χ1v) is 8.47. The van der Waals surface area contributed by atoms with Gasteiger partial charge in [-0.25, -0.2) is 0 Å². The molecule has 0 radical (unpaired) electrons. The standard InChI is InChI=1S/C18H20N4O4/c23-9-3-7-19-17-13-14(18(22-21-17)20-8-4-10-24)16(26)12-6-2-1-5-11(12)15(13)25/h1-2,5-6,23-24H,3-4,7-10H2,(H,19,21)(H,20,22). The SMILES string of the molecule is O=C1c2ccccc2C(=O)c2c(NCCCO)nnc(NCCCO)c21. The molecule has 0 spiro atoms. The molecule has 3 rings (SSSR count). The monoisotopic (exact) mass is 356 g/mol. The molecular weight excluding hydrogens is 336 g/mol. The summed E-state index contributed by atoms with van der Waals surface area (Å²) in [4.78, 5) is 26.0. The highest BCUT2D eigenvalue weighted by Gasteiger charge is 2.35. The highest BCUT2D eigenvalue weighted by molar-refractivity contribution is 6.31. The number of aliphatic hydroxyl groups is 2. The molecule has 0 saturated heterocycles. The largest absolute Gasteiger partial charge is 0.396 e. The number of carbonyl (C=O) groups is 2. The fraction of sp³-hybridized carbons (Fsp3) is 0.333. The average molecular weight is 356 g/mol. The second-order valence-electron chi connectivity index (χ2n) is 5.86. The molecule has 2 aromatic rings. The Bertz CT molecular complexity index is 770. The van der Waals surface area contributed by atoms with Crippen LogP contribution in [-0.4, -0.2) is 58.3 Å². The Morgan fingerprint density at radius 1 is 0.769 bits per heavy atom. The van der Waals surface area contributed by atoms with Crippen molar-refractivity contribution < 1.29 is 19.8 Å². The van der Waals surface area contributed by atoms with Crippen LogP contribution in [0.2, 0.25) is 0 Å². The Kier molecular flexibility index (Phi) is 5.55. The molecule has 0 amide bonds. The first-order chi connectivity index (χ1) is 12.7. The number of anilines is 2. The van der Waals surface area contributed by atoms with Crippen LogP contribution in [-0.2, 0) is 0 Å². The van der Waals surface area contributed by atoms with Crippen LogP contribution in [0, 0.1) is 0 Å². The van der Waals surface area contributed by atoms with E-state index in [2.05, 4.69) is 20.8 Å². The van der Waals surface area contributed by atoms with E-state index in [0.717, 1.165) is 0 Å². The second-order valence-corrected chi connectivity index (χ2v) is 5.86. The molecular formula is C18H20N4O4. The number of carbonyl (C=O) groups excluding carboxylic acids is 2. The minimum Gasteiger partial charge on any atom is -0.396 e. The van der Waals surface area contributed by atoms with Crippen molar-refractivity contribution in [3.8, 4) is 0 Å². The normalized spacial score (nSPS) is 12.5. The van der Waals surface area contributed by atoms with Gasteiger partial charge < -0.3 is 20.8 Å². The lowest BCUT2D eigenvalue weighted by Crippen LogP contribution is -2.26. The van der Waals surface area contributed by atoms with Crippen molar-refractivity contribution in [1.82, 2.24) is 10.2 Å². The van der Waals surface area contributed by atoms with Crippen molar-refractivity contribution in [2.75, 3.05) is 36.9 Å². The van der Waals surface area contributed by atoms with E-state index in [1.165, 1.54) is 0 Å². The predicted octanol–water partition coefficient (Wildman–Crippen LogP) is 0.841. The van der Waals surface area contributed by atoms with Crippen LogP contribution >= 0.6 is 0 Å². The van der Waals surface area contributed by atoms with E-state index in [4.69, 9.17) is 10.2 Å². The van der Waals surface area contributed by atoms with Crippen LogP contribution in [0.15, 0.2) is 24.3 Å². The molecule has 1 aliphatic rings. The Hall–Kier alpha value is -2.84. The third-order valence-electron chi connectivity index (χ3n) is 4.10. The molecule has 26 heavy (non-hydrogen) atoms. The second kappa shape index (κ2) is 8.03. The smallest absolute Gasteiger partial charge is 0.198 e. The fourth-order valence-electron chi connectivity index (χ4n) is 2.85. The summed E-state index contributed by atoms with van der Waals surface area (Å²) >= 11 is 0. The summed E-state index contributed by atoms with van der Waals surface area (Å²) in [5, 5.41) is 32.0. The number of aliphatic hydroxyl groups excluding tert-OH is 2. The maximum absolute atomic E-state index is 13.0. The van der Waals surface area contributed by atoms with Gasteiger partial charge in [-0.15, -0.1) is 10.2 Å². The first-order valence-electron chi connectivity index (χ1n) is 8.47. The summed E-state index contributed by atoms with van der Waals surface area (Å²) in [5.41, 5.74) is 1.05. The van der Waals surface area contributed by atoms with Crippen LogP contribution in [0.3, 0.4) is 0 Å². The fourth-order valence-corrected chi connectivity index (χ4v) is 2.85. The van der Waals surface area contributed by atoms with Crippen LogP contribution in [0.4, 0.5) is 11.6 Å². The molecule has 0 unspecified atom stereocenters. The summed E-state index contributed by atoms with van der Waals surface area (Å²) in [6.07, 6.45) is 0.956. The van der Waals surface area contributed by atoms with E-state index in [-0.39, 0.29) is 47.5 Å². The third kappa shape index (κ3) is 3.29. The molecule has 8 nitrogen and oxygen atoms in total. The summed E-state index contributed by atoms with van der Waals surface area (Å²) in [5.74, 6) is -0.119. The number of ketones is 2. The van der Waals surface area contributed by atoms with Crippen LogP contribution in [0.25, 0.3) is 0 Å². The minimum absolute atomic E-state index is 0.000865. The first kappa shape index (κ1) is 18.0. The molecule has 0 saturated carbocycles. The summed E-state index contributed by atoms with van der Waals surface area (Å²) in [6, 6.07) is 6.66. The van der Waals surface area contributed by atoms with Crippen LogP contribution < -0.4 is 10.6 Å². The molecule has 0 fully saturated rings. The van der Waals surface area contributed by atoms with Crippen molar-refractivity contribution in [1.29, 1.82) is 0 Å². The average Bonchev–Trinajstić information content (AvgIpc) is 2.67. The number of rotatable bonds is 8. The zero-order chi connectivity index (χ0) is 18.5. The minimum atomic E-state index is -0.290. The van der Waals surface area contributed by atoms with Gasteiger partial charge in [0, 0.05) is 37.4 Å². The predicted molar refractivity (Wildman–Crippen MR) is 95.7 cm³/mol. The van der Waals surface area contributed by atoms with Gasteiger partial charge in [0.25, 0.3) is 0 Å². The van der Waals surface area contributed by atoms with E-state index in [9.17, 15) is 9.59 Å². The molecule has 4 N–H and O–H groups in total. The molecule has 1 heterocycles. The number of fused-ring (bicyclic) bond motifs is 2. The maximum atomic E-state index is 13.0. The number of aromatic nitrogens is 2. The highest BCUT2D eigenvalue weighted by Crippen LogP contribution is 2.34. The van der Waals surface area contributed by atoms with Crippen LogP contribution in [0.5, 0.6) is 0 Å². The number of hydrogen-bond donors (Lipinski definition) is 4. The molecule has 0 bridgehead atoms. The summed E-state index contributed by atoms with van der Waals surface area (Å²) < 4.78 is 0. The van der Waals surface area contributed by atoms with Gasteiger partial charge in [0.15, 0.2) is 23.2 Å². The Morgan fingerprint density at radius 2 is 1.19 bits per heavy atom. The van der Waals surface area contributed by atoms with E-state index >= 15 is 0 Å². The number of nitrogens with one attached hydrogen (secondary N) is 2. The lowest BCUT2D eigenvalue weighted by atomic mass is 9.84. The summed E-state index contributed by atoms with van der Waals surface area (Å²) in [7, 11) is 0. The topological polar surface area (TPSA) is 124 Å². The van der Waals surface area contributed by atoms with Gasteiger partial charge >= 0.3 is 0 Å². The lowest BCUT2D eigenvalue weighted by molar-refractivity contribution is 0.0979. The van der Waals surface area contributed by atoms with Gasteiger partial charge in [0.05, 0.1) is 11.1 Å². The van der Waals surface area contributed by atoms with E-state index < -0.39 is 0 Å².